The number of rotatable bonds is 5. The fraction of sp³-hybridized carbons (Fsp3) is 0.765. The summed E-state index contributed by atoms with van der Waals surface area (Å²) < 4.78 is 2.13. The van der Waals surface area contributed by atoms with E-state index in [1.165, 1.54) is 6.42 Å². The molecule has 3 heterocycles. The van der Waals surface area contributed by atoms with E-state index in [-0.39, 0.29) is 24.3 Å². The lowest BCUT2D eigenvalue weighted by Gasteiger charge is -2.37. The first-order valence-electron chi connectivity index (χ1n) is 9.27. The van der Waals surface area contributed by atoms with Crippen LogP contribution in [0.3, 0.4) is 0 Å². The van der Waals surface area contributed by atoms with E-state index in [2.05, 4.69) is 44.1 Å². The molecule has 2 N–H and O–H groups in total. The van der Waals surface area contributed by atoms with Crippen LogP contribution in [0.5, 0.6) is 0 Å². The van der Waals surface area contributed by atoms with Crippen molar-refractivity contribution >= 4 is 11.8 Å². The van der Waals surface area contributed by atoms with E-state index >= 15 is 0 Å². The summed E-state index contributed by atoms with van der Waals surface area (Å²) in [5.74, 6) is 1.63. The number of amides is 2. The van der Waals surface area contributed by atoms with Gasteiger partial charge in [0.05, 0.1) is 19.0 Å². The Balaban J connectivity index is 1.57. The molecule has 1 atom stereocenters. The molecule has 0 radical (unpaired) electrons. The lowest BCUT2D eigenvalue weighted by atomic mass is 10.1. The number of piperazine rings is 1. The molecule has 25 heavy (non-hydrogen) atoms. The van der Waals surface area contributed by atoms with Crippen LogP contribution < -0.4 is 10.6 Å². The van der Waals surface area contributed by atoms with Gasteiger partial charge < -0.3 is 15.2 Å². The van der Waals surface area contributed by atoms with Gasteiger partial charge in [-0.15, -0.1) is 10.2 Å². The standard InChI is InChI=1S/C17H28N6O2/c1-12(2)22-9-7-18-17(25)13(22)10-16(24)19-11-15-21-20-14-6-4-3-5-8-23(14)15/h12-13H,3-11H2,1-2H3,(H,18,25)(H,19,24)/t13-/m0/s1. The van der Waals surface area contributed by atoms with Crippen molar-refractivity contribution < 1.29 is 9.59 Å². The second-order valence-corrected chi connectivity index (χ2v) is 7.11. The van der Waals surface area contributed by atoms with E-state index in [1.54, 1.807) is 0 Å². The molecule has 0 spiro atoms. The van der Waals surface area contributed by atoms with Gasteiger partial charge in [-0.3, -0.25) is 14.5 Å². The Kier molecular flexibility index (Phi) is 5.67. The summed E-state index contributed by atoms with van der Waals surface area (Å²) in [5.41, 5.74) is 0. The van der Waals surface area contributed by atoms with E-state index in [1.807, 2.05) is 0 Å². The minimum Gasteiger partial charge on any atom is -0.353 e. The molecule has 0 unspecified atom stereocenters. The van der Waals surface area contributed by atoms with Crippen LogP contribution in [0, 0.1) is 0 Å². The van der Waals surface area contributed by atoms with Gasteiger partial charge in [0.15, 0.2) is 5.82 Å². The molecule has 1 fully saturated rings. The number of carbonyl (C=O) groups is 2. The number of hydrogen-bond donors (Lipinski definition) is 2. The Morgan fingerprint density at radius 2 is 2.12 bits per heavy atom. The Morgan fingerprint density at radius 3 is 2.92 bits per heavy atom. The Bertz CT molecular complexity index is 627. The summed E-state index contributed by atoms with van der Waals surface area (Å²) in [6.07, 6.45) is 4.60. The number of nitrogens with one attached hydrogen (secondary N) is 2. The molecule has 8 heteroatoms. The van der Waals surface area contributed by atoms with Gasteiger partial charge in [0, 0.05) is 32.1 Å². The van der Waals surface area contributed by atoms with E-state index in [0.717, 1.165) is 44.0 Å². The van der Waals surface area contributed by atoms with Gasteiger partial charge in [0.25, 0.3) is 0 Å². The predicted octanol–water partition coefficient (Wildman–Crippen LogP) is 0.220. The monoisotopic (exact) mass is 348 g/mol. The van der Waals surface area contributed by atoms with E-state index in [9.17, 15) is 9.59 Å². The van der Waals surface area contributed by atoms with Crippen molar-refractivity contribution in [1.82, 2.24) is 30.3 Å². The van der Waals surface area contributed by atoms with Crippen LogP contribution in [0.1, 0.15) is 51.2 Å². The molecule has 2 aliphatic heterocycles. The van der Waals surface area contributed by atoms with Crippen LogP contribution in [-0.4, -0.2) is 56.7 Å². The van der Waals surface area contributed by atoms with E-state index in [0.29, 0.717) is 13.1 Å². The summed E-state index contributed by atoms with van der Waals surface area (Å²) in [6.45, 7) is 6.80. The summed E-state index contributed by atoms with van der Waals surface area (Å²) in [4.78, 5) is 26.6. The van der Waals surface area contributed by atoms with Crippen molar-refractivity contribution in [2.75, 3.05) is 13.1 Å². The molecule has 1 saturated heterocycles. The number of hydrogen-bond acceptors (Lipinski definition) is 5. The van der Waals surface area contributed by atoms with E-state index in [4.69, 9.17) is 0 Å². The number of aromatic nitrogens is 3. The van der Waals surface area contributed by atoms with Crippen LogP contribution >= 0.6 is 0 Å². The highest BCUT2D eigenvalue weighted by Crippen LogP contribution is 2.15. The van der Waals surface area contributed by atoms with Crippen molar-refractivity contribution in [1.29, 1.82) is 0 Å². The zero-order valence-electron chi connectivity index (χ0n) is 15.1. The molecule has 8 nitrogen and oxygen atoms in total. The third-order valence-corrected chi connectivity index (χ3v) is 5.04. The van der Waals surface area contributed by atoms with Gasteiger partial charge in [0.2, 0.25) is 11.8 Å². The molecule has 3 rings (SSSR count). The second-order valence-electron chi connectivity index (χ2n) is 7.11. The normalized spacial score (nSPS) is 21.6. The Morgan fingerprint density at radius 1 is 1.28 bits per heavy atom. The SMILES string of the molecule is CC(C)N1CCNC(=O)[C@@H]1CC(=O)NCc1nnc2n1CCCCC2. The molecule has 1 aromatic rings. The Hall–Kier alpha value is -1.96. The Labute approximate surface area is 148 Å². The molecule has 1 aromatic heterocycles. The van der Waals surface area contributed by atoms with Crippen molar-refractivity contribution in [3.8, 4) is 0 Å². The van der Waals surface area contributed by atoms with Gasteiger partial charge >= 0.3 is 0 Å². The van der Waals surface area contributed by atoms with Crippen LogP contribution in [0.25, 0.3) is 0 Å². The highest BCUT2D eigenvalue weighted by atomic mass is 16.2. The molecule has 0 saturated carbocycles. The highest BCUT2D eigenvalue weighted by Gasteiger charge is 2.32. The topological polar surface area (TPSA) is 92.2 Å². The minimum absolute atomic E-state index is 0.0635. The van der Waals surface area contributed by atoms with Gasteiger partial charge in [-0.1, -0.05) is 6.42 Å². The predicted molar refractivity (Wildman–Crippen MR) is 92.7 cm³/mol. The van der Waals surface area contributed by atoms with Crippen molar-refractivity contribution in [3.63, 3.8) is 0 Å². The molecule has 0 aromatic carbocycles. The average Bonchev–Trinajstić information content (AvgIpc) is 2.81. The van der Waals surface area contributed by atoms with Crippen LogP contribution in [-0.2, 0) is 29.1 Å². The van der Waals surface area contributed by atoms with Gasteiger partial charge in [0.1, 0.15) is 5.82 Å². The van der Waals surface area contributed by atoms with Crippen LogP contribution in [0.4, 0.5) is 0 Å². The van der Waals surface area contributed by atoms with Gasteiger partial charge in [-0.05, 0) is 26.7 Å². The molecular formula is C17H28N6O2. The lowest BCUT2D eigenvalue weighted by molar-refractivity contribution is -0.134. The number of fused-ring (bicyclic) bond motifs is 1. The largest absolute Gasteiger partial charge is 0.353 e. The maximum Gasteiger partial charge on any atom is 0.237 e. The number of carbonyl (C=O) groups excluding carboxylic acids is 2. The summed E-state index contributed by atoms with van der Waals surface area (Å²) in [5, 5.41) is 14.2. The quantitative estimate of drug-likeness (QED) is 0.794. The maximum atomic E-state index is 12.4. The third-order valence-electron chi connectivity index (χ3n) is 5.04. The molecule has 2 aliphatic rings. The number of aryl methyl sites for hydroxylation is 1. The molecule has 138 valence electrons. The fourth-order valence-corrected chi connectivity index (χ4v) is 3.66. The molecule has 0 aliphatic carbocycles. The molecule has 0 bridgehead atoms. The summed E-state index contributed by atoms with van der Waals surface area (Å²) in [6, 6.07) is -0.166. The maximum absolute atomic E-state index is 12.4. The van der Waals surface area contributed by atoms with Crippen molar-refractivity contribution in [2.45, 2.75) is 71.1 Å². The zero-order chi connectivity index (χ0) is 17.8. The fourth-order valence-electron chi connectivity index (χ4n) is 3.66. The molecule has 2 amide bonds. The minimum atomic E-state index is -0.399. The lowest BCUT2D eigenvalue weighted by Crippen LogP contribution is -2.58. The average molecular weight is 348 g/mol. The summed E-state index contributed by atoms with van der Waals surface area (Å²) in [7, 11) is 0. The third kappa shape index (κ3) is 4.18. The van der Waals surface area contributed by atoms with Crippen molar-refractivity contribution in [3.05, 3.63) is 11.6 Å². The van der Waals surface area contributed by atoms with Crippen LogP contribution in [0.2, 0.25) is 0 Å². The first-order valence-corrected chi connectivity index (χ1v) is 9.27. The van der Waals surface area contributed by atoms with E-state index < -0.39 is 6.04 Å². The number of nitrogens with zero attached hydrogens (tertiary/aromatic N) is 4. The first-order chi connectivity index (χ1) is 12.1. The van der Waals surface area contributed by atoms with Crippen molar-refractivity contribution in [2.24, 2.45) is 0 Å². The highest BCUT2D eigenvalue weighted by molar-refractivity contribution is 5.88. The summed E-state index contributed by atoms with van der Waals surface area (Å²) >= 11 is 0. The van der Waals surface area contributed by atoms with Crippen LogP contribution in [0.15, 0.2) is 0 Å². The van der Waals surface area contributed by atoms with Gasteiger partial charge in [-0.2, -0.15) is 0 Å². The zero-order valence-corrected chi connectivity index (χ0v) is 15.1. The second kappa shape index (κ2) is 7.95. The van der Waals surface area contributed by atoms with Gasteiger partial charge in [-0.25, -0.2) is 0 Å². The molecular weight excluding hydrogens is 320 g/mol. The first kappa shape index (κ1) is 17.8. The smallest absolute Gasteiger partial charge is 0.237 e.